The number of piperidine rings is 1. The molecule has 18 heavy (non-hydrogen) atoms. The minimum absolute atomic E-state index is 0.0390. The summed E-state index contributed by atoms with van der Waals surface area (Å²) in [5.41, 5.74) is 0.999. The molecular weight excluding hydrogens is 312 g/mol. The number of carbonyl (C=O) groups excluding carboxylic acids is 1. The predicted molar refractivity (Wildman–Crippen MR) is 79.2 cm³/mol. The van der Waals surface area contributed by atoms with E-state index in [9.17, 15) is 4.79 Å². The van der Waals surface area contributed by atoms with Crippen LogP contribution in [0.5, 0.6) is 0 Å². The molecule has 3 nitrogen and oxygen atoms in total. The quantitative estimate of drug-likeness (QED) is 0.924. The molecule has 1 amide bonds. The van der Waals surface area contributed by atoms with Crippen molar-refractivity contribution in [2.45, 2.75) is 19.8 Å². The van der Waals surface area contributed by atoms with Gasteiger partial charge >= 0.3 is 0 Å². The predicted octanol–water partition coefficient (Wildman–Crippen LogP) is 2.97. The zero-order valence-electron chi connectivity index (χ0n) is 10.8. The van der Waals surface area contributed by atoms with E-state index in [1.807, 2.05) is 11.4 Å². The van der Waals surface area contributed by atoms with Gasteiger partial charge < -0.3 is 10.2 Å². The van der Waals surface area contributed by atoms with Gasteiger partial charge in [-0.1, -0.05) is 6.92 Å². The first-order chi connectivity index (χ1) is 8.48. The second-order valence-corrected chi connectivity index (χ2v) is 7.73. The molecule has 0 atom stereocenters. The minimum atomic E-state index is 0.0390. The highest BCUT2D eigenvalue weighted by Gasteiger charge is 2.29. The van der Waals surface area contributed by atoms with E-state index in [2.05, 4.69) is 40.1 Å². The van der Waals surface area contributed by atoms with Crippen molar-refractivity contribution in [3.63, 3.8) is 0 Å². The molecule has 1 aliphatic rings. The highest BCUT2D eigenvalue weighted by Crippen LogP contribution is 2.29. The van der Waals surface area contributed by atoms with Crippen LogP contribution in [-0.4, -0.2) is 37.5 Å². The maximum Gasteiger partial charge on any atom is 0.252 e. The number of halogens is 1. The van der Waals surface area contributed by atoms with E-state index >= 15 is 0 Å². The fourth-order valence-electron chi connectivity index (χ4n) is 2.16. The lowest BCUT2D eigenvalue weighted by Crippen LogP contribution is -2.43. The van der Waals surface area contributed by atoms with Gasteiger partial charge in [-0.25, -0.2) is 0 Å². The second kappa shape index (κ2) is 5.72. The van der Waals surface area contributed by atoms with Crippen LogP contribution in [0.2, 0.25) is 0 Å². The van der Waals surface area contributed by atoms with E-state index in [4.69, 9.17) is 0 Å². The number of likely N-dealkylation sites (tertiary alicyclic amines) is 1. The van der Waals surface area contributed by atoms with Gasteiger partial charge in [-0.3, -0.25) is 4.79 Å². The van der Waals surface area contributed by atoms with Gasteiger partial charge in [0.2, 0.25) is 0 Å². The third-order valence-corrected chi connectivity index (χ3v) is 5.20. The zero-order valence-corrected chi connectivity index (χ0v) is 13.2. The number of thiophene rings is 1. The summed E-state index contributed by atoms with van der Waals surface area (Å²) in [4.78, 5) is 14.3. The van der Waals surface area contributed by atoms with Crippen LogP contribution in [0, 0.1) is 5.41 Å². The molecule has 0 aromatic carbocycles. The summed E-state index contributed by atoms with van der Waals surface area (Å²) >= 11 is 4.92. The normalized spacial score (nSPS) is 19.7. The van der Waals surface area contributed by atoms with E-state index in [1.165, 1.54) is 0 Å². The van der Waals surface area contributed by atoms with Gasteiger partial charge in [-0.05, 0) is 60.4 Å². The molecule has 1 aliphatic heterocycles. The van der Waals surface area contributed by atoms with E-state index < -0.39 is 0 Å². The van der Waals surface area contributed by atoms with Crippen LogP contribution in [0.25, 0.3) is 0 Å². The molecule has 2 rings (SSSR count). The minimum Gasteiger partial charge on any atom is -0.351 e. The number of hydrogen-bond acceptors (Lipinski definition) is 3. The SMILES string of the molecule is CN1CCC(C)(CNC(=O)c2csc(Br)c2)CC1. The Morgan fingerprint density at radius 2 is 2.22 bits per heavy atom. The highest BCUT2D eigenvalue weighted by molar-refractivity contribution is 9.11. The first-order valence-electron chi connectivity index (χ1n) is 6.19. The molecule has 0 bridgehead atoms. The molecule has 1 saturated heterocycles. The molecule has 100 valence electrons. The molecule has 2 heterocycles. The summed E-state index contributed by atoms with van der Waals surface area (Å²) in [6, 6.07) is 1.87. The van der Waals surface area contributed by atoms with Gasteiger partial charge in [0.05, 0.1) is 9.35 Å². The van der Waals surface area contributed by atoms with Crippen LogP contribution in [0.1, 0.15) is 30.1 Å². The van der Waals surface area contributed by atoms with Crippen molar-refractivity contribution in [1.82, 2.24) is 10.2 Å². The van der Waals surface area contributed by atoms with Crippen molar-refractivity contribution in [2.24, 2.45) is 5.41 Å². The molecule has 0 spiro atoms. The fourth-order valence-corrected chi connectivity index (χ4v) is 3.30. The van der Waals surface area contributed by atoms with E-state index in [0.717, 1.165) is 41.8 Å². The van der Waals surface area contributed by atoms with Crippen molar-refractivity contribution in [1.29, 1.82) is 0 Å². The van der Waals surface area contributed by atoms with E-state index in [-0.39, 0.29) is 11.3 Å². The molecular formula is C13H19BrN2OS. The average Bonchev–Trinajstić information content (AvgIpc) is 2.77. The first-order valence-corrected chi connectivity index (χ1v) is 7.87. The third-order valence-electron chi connectivity index (χ3n) is 3.70. The zero-order chi connectivity index (χ0) is 13.2. The molecule has 0 radical (unpaired) electrons. The second-order valence-electron chi connectivity index (χ2n) is 5.44. The number of nitrogens with one attached hydrogen (secondary N) is 1. The molecule has 0 aliphatic carbocycles. The summed E-state index contributed by atoms with van der Waals surface area (Å²) in [6.45, 7) is 5.28. The molecule has 1 fully saturated rings. The molecule has 0 saturated carbocycles. The monoisotopic (exact) mass is 330 g/mol. The van der Waals surface area contributed by atoms with Crippen molar-refractivity contribution < 1.29 is 4.79 Å². The summed E-state index contributed by atoms with van der Waals surface area (Å²) in [5.74, 6) is 0.0390. The number of carbonyl (C=O) groups is 1. The van der Waals surface area contributed by atoms with Gasteiger partial charge in [0.15, 0.2) is 0 Å². The standard InChI is InChI=1S/C13H19BrN2OS/c1-13(3-5-16(2)6-4-13)9-15-12(17)10-7-11(14)18-8-10/h7-8H,3-6,9H2,1-2H3,(H,15,17). The van der Waals surface area contributed by atoms with Gasteiger partial charge in [0.25, 0.3) is 5.91 Å². The van der Waals surface area contributed by atoms with Gasteiger partial charge in [0, 0.05) is 11.9 Å². The van der Waals surface area contributed by atoms with Crippen molar-refractivity contribution in [3.05, 3.63) is 20.8 Å². The molecule has 1 aromatic heterocycles. The van der Waals surface area contributed by atoms with Crippen LogP contribution in [0.15, 0.2) is 15.2 Å². The molecule has 1 N–H and O–H groups in total. The fraction of sp³-hybridized carbons (Fsp3) is 0.615. The van der Waals surface area contributed by atoms with Crippen LogP contribution in [-0.2, 0) is 0 Å². The summed E-state index contributed by atoms with van der Waals surface area (Å²) in [5, 5.41) is 4.95. The maximum atomic E-state index is 12.0. The van der Waals surface area contributed by atoms with Gasteiger partial charge in [-0.15, -0.1) is 11.3 Å². The third kappa shape index (κ3) is 3.56. The van der Waals surface area contributed by atoms with Crippen LogP contribution in [0.3, 0.4) is 0 Å². The topological polar surface area (TPSA) is 32.3 Å². The number of rotatable bonds is 3. The lowest BCUT2D eigenvalue weighted by atomic mass is 9.80. The maximum absolute atomic E-state index is 12.0. The smallest absolute Gasteiger partial charge is 0.252 e. The van der Waals surface area contributed by atoms with Crippen molar-refractivity contribution in [3.8, 4) is 0 Å². The van der Waals surface area contributed by atoms with E-state index in [1.54, 1.807) is 11.3 Å². The van der Waals surface area contributed by atoms with Crippen LogP contribution < -0.4 is 5.32 Å². The Balaban J connectivity index is 1.86. The van der Waals surface area contributed by atoms with Crippen LogP contribution in [0.4, 0.5) is 0 Å². The molecule has 1 aromatic rings. The van der Waals surface area contributed by atoms with Gasteiger partial charge in [0.1, 0.15) is 0 Å². The van der Waals surface area contributed by atoms with Crippen molar-refractivity contribution >= 4 is 33.2 Å². The lowest BCUT2D eigenvalue weighted by molar-refractivity contribution is 0.0892. The lowest BCUT2D eigenvalue weighted by Gasteiger charge is -2.37. The van der Waals surface area contributed by atoms with Crippen LogP contribution >= 0.6 is 27.3 Å². The highest BCUT2D eigenvalue weighted by atomic mass is 79.9. The number of nitrogens with zero attached hydrogens (tertiary/aromatic N) is 1. The number of hydrogen-bond donors (Lipinski definition) is 1. The average molecular weight is 331 g/mol. The summed E-state index contributed by atoms with van der Waals surface area (Å²) in [7, 11) is 2.15. The first kappa shape index (κ1) is 14.0. The largest absolute Gasteiger partial charge is 0.351 e. The van der Waals surface area contributed by atoms with E-state index in [0.29, 0.717) is 0 Å². The molecule has 0 unspecified atom stereocenters. The Morgan fingerprint density at radius 1 is 1.56 bits per heavy atom. The molecule has 5 heteroatoms. The Hall–Kier alpha value is -0.390. The summed E-state index contributed by atoms with van der Waals surface area (Å²) in [6.07, 6.45) is 2.30. The Morgan fingerprint density at radius 3 is 2.78 bits per heavy atom. The summed E-state index contributed by atoms with van der Waals surface area (Å²) < 4.78 is 0.998. The Kier molecular flexibility index (Phi) is 4.45. The Bertz CT molecular complexity index is 424. The van der Waals surface area contributed by atoms with Gasteiger partial charge in [-0.2, -0.15) is 0 Å². The Labute approximate surface area is 121 Å². The van der Waals surface area contributed by atoms with Crippen molar-refractivity contribution in [2.75, 3.05) is 26.7 Å². The number of amides is 1.